The first-order valence-corrected chi connectivity index (χ1v) is 9.94. The number of carbonyl (C=O) groups is 1. The Bertz CT molecular complexity index is 891. The Labute approximate surface area is 165 Å². The number of aromatic nitrogens is 1. The maximum Gasteiger partial charge on any atom is 0.250 e. The van der Waals surface area contributed by atoms with Crippen molar-refractivity contribution in [2.45, 2.75) is 25.3 Å². The van der Waals surface area contributed by atoms with Crippen molar-refractivity contribution in [3.8, 4) is 5.75 Å². The van der Waals surface area contributed by atoms with E-state index in [1.165, 1.54) is 0 Å². The van der Waals surface area contributed by atoms with Crippen LogP contribution in [0.4, 0.5) is 0 Å². The van der Waals surface area contributed by atoms with Crippen molar-refractivity contribution < 1.29 is 9.53 Å². The first-order chi connectivity index (χ1) is 13.6. The number of carbonyl (C=O) groups excluding carboxylic acids is 1. The number of amides is 1. The van der Waals surface area contributed by atoms with Crippen LogP contribution in [0.3, 0.4) is 0 Å². The van der Waals surface area contributed by atoms with Crippen LogP contribution in [0.15, 0.2) is 47.3 Å². The molecule has 1 aromatic heterocycles. The normalized spacial score (nSPS) is 21.0. The largest absolute Gasteiger partial charge is 0.497 e. The Balaban J connectivity index is 1.27. The average Bonchev–Trinajstić information content (AvgIpc) is 2.69. The summed E-state index contributed by atoms with van der Waals surface area (Å²) in [6, 6.07) is 13.2. The first kappa shape index (κ1) is 18.7. The number of benzene rings is 1. The van der Waals surface area contributed by atoms with Gasteiger partial charge in [0.25, 0.3) is 5.56 Å². The number of likely N-dealkylation sites (tertiary alicyclic amines) is 1. The van der Waals surface area contributed by atoms with E-state index in [0.29, 0.717) is 24.8 Å². The zero-order valence-electron chi connectivity index (χ0n) is 16.3. The molecule has 1 aromatic carbocycles. The third-order valence-corrected chi connectivity index (χ3v) is 5.83. The fraction of sp³-hybridized carbons (Fsp3) is 0.455. The number of methoxy groups -OCH3 is 1. The third-order valence-electron chi connectivity index (χ3n) is 5.83. The van der Waals surface area contributed by atoms with Gasteiger partial charge in [0.05, 0.1) is 13.5 Å². The molecule has 0 spiro atoms. The zero-order valence-corrected chi connectivity index (χ0v) is 16.3. The monoisotopic (exact) mass is 381 g/mol. The van der Waals surface area contributed by atoms with Gasteiger partial charge < -0.3 is 19.5 Å². The van der Waals surface area contributed by atoms with Gasteiger partial charge >= 0.3 is 0 Å². The minimum Gasteiger partial charge on any atom is -0.497 e. The molecule has 28 heavy (non-hydrogen) atoms. The maximum absolute atomic E-state index is 12.2. The van der Waals surface area contributed by atoms with Crippen LogP contribution in [0.1, 0.15) is 23.6 Å². The van der Waals surface area contributed by atoms with Gasteiger partial charge in [-0.3, -0.25) is 9.59 Å². The molecule has 1 N–H and O–H groups in total. The topological polar surface area (TPSA) is 63.6 Å². The number of fused-ring (bicyclic) bond motifs is 4. The lowest BCUT2D eigenvalue weighted by Gasteiger charge is -2.42. The van der Waals surface area contributed by atoms with E-state index in [0.717, 1.165) is 49.6 Å². The van der Waals surface area contributed by atoms with Crippen LogP contribution in [-0.2, 0) is 17.8 Å². The highest BCUT2D eigenvalue weighted by Gasteiger charge is 2.34. The van der Waals surface area contributed by atoms with Crippen LogP contribution >= 0.6 is 0 Å². The Morgan fingerprint density at radius 1 is 1.14 bits per heavy atom. The average molecular weight is 381 g/mol. The van der Waals surface area contributed by atoms with Crippen LogP contribution < -0.4 is 15.6 Å². The van der Waals surface area contributed by atoms with Crippen molar-refractivity contribution >= 4 is 5.91 Å². The summed E-state index contributed by atoms with van der Waals surface area (Å²) in [6.07, 6.45) is 1.54. The van der Waals surface area contributed by atoms with E-state index in [9.17, 15) is 9.59 Å². The van der Waals surface area contributed by atoms with E-state index in [-0.39, 0.29) is 11.5 Å². The maximum atomic E-state index is 12.2. The van der Waals surface area contributed by atoms with Crippen LogP contribution in [-0.4, -0.2) is 48.7 Å². The third kappa shape index (κ3) is 4.12. The van der Waals surface area contributed by atoms with Crippen molar-refractivity contribution in [3.63, 3.8) is 0 Å². The lowest BCUT2D eigenvalue weighted by atomic mass is 9.83. The van der Waals surface area contributed by atoms with Gasteiger partial charge in [0, 0.05) is 50.4 Å². The van der Waals surface area contributed by atoms with Crippen LogP contribution in [0.5, 0.6) is 5.75 Å². The summed E-state index contributed by atoms with van der Waals surface area (Å²) in [6.45, 7) is 4.25. The number of rotatable bonds is 6. The molecule has 6 nitrogen and oxygen atoms in total. The molecule has 148 valence electrons. The Morgan fingerprint density at radius 3 is 2.75 bits per heavy atom. The Hall–Kier alpha value is -2.60. The molecule has 0 radical (unpaired) electrons. The summed E-state index contributed by atoms with van der Waals surface area (Å²) in [7, 11) is 1.63. The minimum atomic E-state index is 0.0410. The highest BCUT2D eigenvalue weighted by molar-refractivity contribution is 5.78. The number of hydrogen-bond donors (Lipinski definition) is 1. The van der Waals surface area contributed by atoms with Crippen LogP contribution in [0.25, 0.3) is 0 Å². The van der Waals surface area contributed by atoms with Gasteiger partial charge in [-0.05, 0) is 36.1 Å². The van der Waals surface area contributed by atoms with Crippen molar-refractivity contribution in [3.05, 3.63) is 64.1 Å². The number of pyridine rings is 1. The molecule has 6 heteroatoms. The van der Waals surface area contributed by atoms with Gasteiger partial charge in [-0.1, -0.05) is 18.2 Å². The summed E-state index contributed by atoms with van der Waals surface area (Å²) in [4.78, 5) is 26.7. The second-order valence-corrected chi connectivity index (χ2v) is 7.83. The number of piperidine rings is 1. The van der Waals surface area contributed by atoms with E-state index in [2.05, 4.69) is 16.3 Å². The first-order valence-electron chi connectivity index (χ1n) is 9.94. The van der Waals surface area contributed by atoms with Gasteiger partial charge in [-0.25, -0.2) is 0 Å². The predicted molar refractivity (Wildman–Crippen MR) is 108 cm³/mol. The summed E-state index contributed by atoms with van der Waals surface area (Å²) in [5.41, 5.74) is 2.26. The fourth-order valence-corrected chi connectivity index (χ4v) is 4.52. The second kappa shape index (κ2) is 8.19. The van der Waals surface area contributed by atoms with Gasteiger partial charge in [-0.15, -0.1) is 0 Å². The molecule has 0 unspecified atom stereocenters. The summed E-state index contributed by atoms with van der Waals surface area (Å²) in [5.74, 6) is 1.76. The van der Waals surface area contributed by atoms with Gasteiger partial charge in [0.2, 0.25) is 5.91 Å². The number of hydrogen-bond acceptors (Lipinski definition) is 4. The van der Waals surface area contributed by atoms with E-state index >= 15 is 0 Å². The molecule has 4 rings (SSSR count). The number of ether oxygens (including phenoxy) is 1. The van der Waals surface area contributed by atoms with Crippen LogP contribution in [0, 0.1) is 5.92 Å². The van der Waals surface area contributed by atoms with Crippen molar-refractivity contribution in [1.82, 2.24) is 14.8 Å². The SMILES string of the molecule is COc1ccc(CC(=O)NCCN2C[C@H]3C[C@@H](C2)c2cccc(=O)n2C3)cc1. The van der Waals surface area contributed by atoms with Gasteiger partial charge in [0.1, 0.15) is 5.75 Å². The summed E-state index contributed by atoms with van der Waals surface area (Å²) < 4.78 is 7.09. The quantitative estimate of drug-likeness (QED) is 0.826. The fourth-order valence-electron chi connectivity index (χ4n) is 4.52. The number of nitrogens with zero attached hydrogens (tertiary/aromatic N) is 2. The standard InChI is InChI=1S/C22H27N3O3/c1-28-19-7-5-16(6-8-19)12-21(26)23-9-10-24-13-17-11-18(15-24)20-3-2-4-22(27)25(20)14-17/h2-8,17-18H,9-15H2,1H3,(H,23,26)/t17-,18+/m1/s1. The Kier molecular flexibility index (Phi) is 5.48. The summed E-state index contributed by atoms with van der Waals surface area (Å²) >= 11 is 0. The zero-order chi connectivity index (χ0) is 19.5. The lowest BCUT2D eigenvalue weighted by Crippen LogP contribution is -2.48. The van der Waals surface area contributed by atoms with Crippen molar-refractivity contribution in [1.29, 1.82) is 0 Å². The van der Waals surface area contributed by atoms with Gasteiger partial charge in [-0.2, -0.15) is 0 Å². The molecule has 2 bridgehead atoms. The predicted octanol–water partition coefficient (Wildman–Crippen LogP) is 1.63. The van der Waals surface area contributed by atoms with Crippen molar-refractivity contribution in [2.75, 3.05) is 33.3 Å². The number of nitrogens with one attached hydrogen (secondary N) is 1. The van der Waals surface area contributed by atoms with Crippen LogP contribution in [0.2, 0.25) is 0 Å². The highest BCUT2D eigenvalue weighted by atomic mass is 16.5. The van der Waals surface area contributed by atoms with E-state index in [1.54, 1.807) is 13.2 Å². The molecule has 2 atom stereocenters. The Morgan fingerprint density at radius 2 is 1.96 bits per heavy atom. The molecule has 1 amide bonds. The minimum absolute atomic E-state index is 0.0410. The molecule has 2 aliphatic rings. The smallest absolute Gasteiger partial charge is 0.250 e. The molecule has 1 saturated heterocycles. The lowest BCUT2D eigenvalue weighted by molar-refractivity contribution is -0.120. The molecule has 0 saturated carbocycles. The molecule has 3 heterocycles. The molecule has 2 aromatic rings. The highest BCUT2D eigenvalue weighted by Crippen LogP contribution is 2.34. The van der Waals surface area contributed by atoms with Crippen molar-refractivity contribution in [2.24, 2.45) is 5.92 Å². The van der Waals surface area contributed by atoms with E-state index < -0.39 is 0 Å². The van der Waals surface area contributed by atoms with E-state index in [4.69, 9.17) is 4.74 Å². The van der Waals surface area contributed by atoms with Gasteiger partial charge in [0.15, 0.2) is 0 Å². The molecule has 1 fully saturated rings. The molecular weight excluding hydrogens is 354 g/mol. The molecule has 0 aliphatic carbocycles. The van der Waals surface area contributed by atoms with E-state index in [1.807, 2.05) is 34.9 Å². The molecule has 2 aliphatic heterocycles. The second-order valence-electron chi connectivity index (χ2n) is 7.83. The molecular formula is C22H27N3O3. The summed E-state index contributed by atoms with van der Waals surface area (Å²) in [5, 5.41) is 3.03.